The molecule has 43 heavy (non-hydrogen) atoms. The number of rotatable bonds is 12. The summed E-state index contributed by atoms with van der Waals surface area (Å²) in [6, 6.07) is 20.6. The summed E-state index contributed by atoms with van der Waals surface area (Å²) in [5, 5.41) is 4.38. The van der Waals surface area contributed by atoms with Crippen LogP contribution in [0.2, 0.25) is 0 Å². The van der Waals surface area contributed by atoms with Crippen molar-refractivity contribution < 1.29 is 23.8 Å². The largest absolute Gasteiger partial charge is 0.493 e. The molecule has 0 spiro atoms. The lowest BCUT2D eigenvalue weighted by Crippen LogP contribution is -2.47. The minimum Gasteiger partial charge on any atom is -0.493 e. The molecule has 0 bridgehead atoms. The van der Waals surface area contributed by atoms with Gasteiger partial charge in [0.1, 0.15) is 6.04 Å². The van der Waals surface area contributed by atoms with Crippen LogP contribution in [-0.2, 0) is 22.6 Å². The average Bonchev–Trinajstić information content (AvgIpc) is 3.46. The number of aryl methyl sites for hydroxylation is 1. The fraction of sp³-hybridized carbons (Fsp3) is 0.371. The summed E-state index contributed by atoms with van der Waals surface area (Å²) in [7, 11) is 4.64. The van der Waals surface area contributed by atoms with Gasteiger partial charge in [0.25, 0.3) is 0 Å². The van der Waals surface area contributed by atoms with E-state index < -0.39 is 6.04 Å². The van der Waals surface area contributed by atoms with Crippen molar-refractivity contribution in [1.82, 2.24) is 15.2 Å². The Bertz CT molecular complexity index is 1500. The Morgan fingerprint density at radius 3 is 2.26 bits per heavy atom. The molecule has 1 atom stereocenters. The van der Waals surface area contributed by atoms with E-state index in [2.05, 4.69) is 16.4 Å². The third kappa shape index (κ3) is 6.96. The molecule has 1 aromatic heterocycles. The number of nitrogens with zero attached hydrogens (tertiary/aromatic N) is 1. The molecule has 8 heteroatoms. The molecule has 2 N–H and O–H groups in total. The van der Waals surface area contributed by atoms with Crippen molar-refractivity contribution >= 4 is 22.7 Å². The number of hydrogen-bond donors (Lipinski definition) is 2. The van der Waals surface area contributed by atoms with Gasteiger partial charge < -0.3 is 29.4 Å². The van der Waals surface area contributed by atoms with Gasteiger partial charge in [-0.25, -0.2) is 0 Å². The van der Waals surface area contributed by atoms with Crippen LogP contribution < -0.4 is 19.5 Å². The summed E-state index contributed by atoms with van der Waals surface area (Å²) in [5.41, 5.74) is 3.64. The number of para-hydroxylation sites is 1. The lowest BCUT2D eigenvalue weighted by molar-refractivity contribution is -0.142. The number of methoxy groups -OCH3 is 3. The highest BCUT2D eigenvalue weighted by molar-refractivity contribution is 5.90. The second-order valence-corrected chi connectivity index (χ2v) is 11.1. The number of amides is 2. The number of carbonyl (C=O) groups is 2. The number of aromatic amines is 1. The molecular weight excluding hydrogens is 542 g/mol. The summed E-state index contributed by atoms with van der Waals surface area (Å²) < 4.78 is 16.9. The van der Waals surface area contributed by atoms with Crippen LogP contribution in [0.25, 0.3) is 10.9 Å². The van der Waals surface area contributed by atoms with Gasteiger partial charge in [-0.2, -0.15) is 0 Å². The molecule has 1 saturated carbocycles. The second-order valence-electron chi connectivity index (χ2n) is 11.1. The second kappa shape index (κ2) is 14.1. The van der Waals surface area contributed by atoms with Gasteiger partial charge in [-0.15, -0.1) is 0 Å². The summed E-state index contributed by atoms with van der Waals surface area (Å²) in [5.74, 6) is 0.959. The molecule has 1 fully saturated rings. The van der Waals surface area contributed by atoms with E-state index in [4.69, 9.17) is 14.2 Å². The zero-order valence-corrected chi connectivity index (χ0v) is 25.2. The van der Waals surface area contributed by atoms with E-state index in [9.17, 15) is 9.59 Å². The number of benzene rings is 3. The van der Waals surface area contributed by atoms with Gasteiger partial charge in [0.05, 0.1) is 21.3 Å². The molecule has 2 amide bonds. The number of hydrogen-bond acceptors (Lipinski definition) is 5. The molecule has 3 aromatic carbocycles. The Morgan fingerprint density at radius 1 is 0.907 bits per heavy atom. The summed E-state index contributed by atoms with van der Waals surface area (Å²) >= 11 is 0. The number of carbonyl (C=O) groups excluding carboxylic acids is 2. The van der Waals surface area contributed by atoms with E-state index in [0.29, 0.717) is 29.2 Å². The van der Waals surface area contributed by atoms with Gasteiger partial charge in [0.2, 0.25) is 17.6 Å². The predicted octanol–water partition coefficient (Wildman–Crippen LogP) is 6.35. The minimum absolute atomic E-state index is 0.0747. The SMILES string of the molecule is COc1cc([C@H](C(=O)NC2CCCCC2)N(Cc2ccccc2)C(=O)CCc2c[nH]c3ccccc23)cc(OC)c1OC. The predicted molar refractivity (Wildman–Crippen MR) is 167 cm³/mol. The Kier molecular flexibility index (Phi) is 9.87. The first kappa shape index (κ1) is 30.0. The third-order valence-corrected chi connectivity index (χ3v) is 8.31. The molecule has 226 valence electrons. The molecule has 0 unspecified atom stereocenters. The van der Waals surface area contributed by atoms with Crippen LogP contribution >= 0.6 is 0 Å². The molecular formula is C35H41N3O5. The Morgan fingerprint density at radius 2 is 1.58 bits per heavy atom. The Balaban J connectivity index is 1.54. The van der Waals surface area contributed by atoms with E-state index in [0.717, 1.165) is 47.7 Å². The van der Waals surface area contributed by atoms with Crippen LogP contribution in [0.4, 0.5) is 0 Å². The highest BCUT2D eigenvalue weighted by atomic mass is 16.5. The van der Waals surface area contributed by atoms with Crippen molar-refractivity contribution in [1.29, 1.82) is 0 Å². The fourth-order valence-electron chi connectivity index (χ4n) is 6.09. The summed E-state index contributed by atoms with van der Waals surface area (Å²) in [4.78, 5) is 33.6. The monoisotopic (exact) mass is 583 g/mol. The first-order chi connectivity index (χ1) is 21.0. The van der Waals surface area contributed by atoms with Gasteiger partial charge in [0, 0.05) is 36.1 Å². The van der Waals surface area contributed by atoms with Crippen molar-refractivity contribution in [2.24, 2.45) is 0 Å². The van der Waals surface area contributed by atoms with Crippen LogP contribution in [0, 0.1) is 0 Å². The summed E-state index contributed by atoms with van der Waals surface area (Å²) in [6.45, 7) is 0.271. The maximum absolute atomic E-state index is 14.3. The first-order valence-electron chi connectivity index (χ1n) is 15.0. The van der Waals surface area contributed by atoms with Crippen molar-refractivity contribution in [3.63, 3.8) is 0 Å². The number of ether oxygens (including phenoxy) is 3. The van der Waals surface area contributed by atoms with Crippen LogP contribution in [0.3, 0.4) is 0 Å². The molecule has 0 aliphatic heterocycles. The first-order valence-corrected chi connectivity index (χ1v) is 15.0. The van der Waals surface area contributed by atoms with Crippen LogP contribution in [0.15, 0.2) is 72.9 Å². The van der Waals surface area contributed by atoms with Gasteiger partial charge in [-0.05, 0) is 54.2 Å². The van der Waals surface area contributed by atoms with E-state index >= 15 is 0 Å². The van der Waals surface area contributed by atoms with Gasteiger partial charge in [-0.3, -0.25) is 9.59 Å². The maximum atomic E-state index is 14.3. The van der Waals surface area contributed by atoms with Crippen LogP contribution in [0.1, 0.15) is 61.3 Å². The van der Waals surface area contributed by atoms with E-state index in [1.165, 1.54) is 6.42 Å². The van der Waals surface area contributed by atoms with Crippen molar-refractivity contribution in [3.05, 3.63) is 89.6 Å². The van der Waals surface area contributed by atoms with Crippen molar-refractivity contribution in [2.45, 2.75) is 63.6 Å². The van der Waals surface area contributed by atoms with Crippen LogP contribution in [-0.4, -0.2) is 49.1 Å². The van der Waals surface area contributed by atoms with Crippen molar-refractivity contribution in [3.8, 4) is 17.2 Å². The van der Waals surface area contributed by atoms with Gasteiger partial charge in [-0.1, -0.05) is 67.8 Å². The lowest BCUT2D eigenvalue weighted by Gasteiger charge is -2.34. The molecule has 1 heterocycles. The molecule has 4 aromatic rings. The molecule has 0 saturated heterocycles. The van der Waals surface area contributed by atoms with Crippen LogP contribution in [0.5, 0.6) is 17.2 Å². The molecule has 0 radical (unpaired) electrons. The smallest absolute Gasteiger partial charge is 0.247 e. The minimum atomic E-state index is -0.911. The zero-order chi connectivity index (χ0) is 30.2. The normalized spacial score (nSPS) is 14.2. The fourth-order valence-corrected chi connectivity index (χ4v) is 6.09. The van der Waals surface area contributed by atoms with Crippen molar-refractivity contribution in [2.75, 3.05) is 21.3 Å². The topological polar surface area (TPSA) is 92.9 Å². The lowest BCUT2D eigenvalue weighted by atomic mass is 9.94. The molecule has 5 rings (SSSR count). The summed E-state index contributed by atoms with van der Waals surface area (Å²) in [6.07, 6.45) is 7.95. The highest BCUT2D eigenvalue weighted by Crippen LogP contribution is 2.41. The number of fused-ring (bicyclic) bond motifs is 1. The van der Waals surface area contributed by atoms with E-state index in [1.807, 2.05) is 54.7 Å². The Hall–Kier alpha value is -4.46. The standard InChI is InChI=1S/C35H41N3O5/c1-41-30-20-26(21-31(42-2)34(30)43-3)33(35(40)37-27-14-8-5-9-15-27)38(23-24-12-6-4-7-13-24)32(39)19-18-25-22-36-29-17-11-10-16-28(25)29/h4,6-7,10-13,16-17,20-22,27,33,36H,5,8-9,14-15,18-19,23H2,1-3H3,(H,37,40)/t33-/m1/s1. The molecule has 1 aliphatic carbocycles. The number of aromatic nitrogens is 1. The Labute approximate surface area is 253 Å². The third-order valence-electron chi connectivity index (χ3n) is 8.31. The van der Waals surface area contributed by atoms with Gasteiger partial charge in [0.15, 0.2) is 11.5 Å². The highest BCUT2D eigenvalue weighted by Gasteiger charge is 2.34. The molecule has 8 nitrogen and oxygen atoms in total. The zero-order valence-electron chi connectivity index (χ0n) is 25.2. The van der Waals surface area contributed by atoms with E-state index in [-0.39, 0.29) is 30.8 Å². The molecule has 1 aliphatic rings. The quantitative estimate of drug-likeness (QED) is 0.203. The van der Waals surface area contributed by atoms with Gasteiger partial charge >= 0.3 is 0 Å². The number of H-pyrrole nitrogens is 1. The average molecular weight is 584 g/mol. The van der Waals surface area contributed by atoms with E-state index in [1.54, 1.807) is 38.4 Å². The number of nitrogens with one attached hydrogen (secondary N) is 2. The maximum Gasteiger partial charge on any atom is 0.247 e.